The molecule has 0 bridgehead atoms. The Labute approximate surface area is 127 Å². The first-order chi connectivity index (χ1) is 10.2. The van der Waals surface area contributed by atoms with Gasteiger partial charge in [0.05, 0.1) is 5.92 Å². The maximum Gasteiger partial charge on any atom is 0.232 e. The minimum absolute atomic E-state index is 0.124. The molecule has 120 valence electrons. The molecule has 3 atom stereocenters. The lowest BCUT2D eigenvalue weighted by atomic mass is 10.0. The van der Waals surface area contributed by atoms with Crippen molar-refractivity contribution in [3.05, 3.63) is 0 Å². The van der Waals surface area contributed by atoms with Gasteiger partial charge in [-0.3, -0.25) is 4.90 Å². The number of rotatable bonds is 4. The third kappa shape index (κ3) is 3.67. The highest BCUT2D eigenvalue weighted by Crippen LogP contribution is 2.20. The predicted octanol–water partition coefficient (Wildman–Crippen LogP) is 0.351. The van der Waals surface area contributed by atoms with Gasteiger partial charge in [0.1, 0.15) is 6.10 Å². The Hall–Kier alpha value is -0.850. The quantitative estimate of drug-likeness (QED) is 0.811. The summed E-state index contributed by atoms with van der Waals surface area (Å²) in [4.78, 5) is 10.2. The molecular formula is C15H28N4O2. The Morgan fingerprint density at radius 3 is 2.81 bits per heavy atom. The summed E-state index contributed by atoms with van der Waals surface area (Å²) in [6.45, 7) is 5.83. The van der Waals surface area contributed by atoms with Gasteiger partial charge in [-0.2, -0.15) is 0 Å². The van der Waals surface area contributed by atoms with E-state index in [-0.39, 0.29) is 6.10 Å². The Balaban J connectivity index is 1.56. The van der Waals surface area contributed by atoms with E-state index in [9.17, 15) is 0 Å². The van der Waals surface area contributed by atoms with E-state index < -0.39 is 0 Å². The van der Waals surface area contributed by atoms with Crippen LogP contribution in [0.5, 0.6) is 0 Å². The second-order valence-corrected chi connectivity index (χ2v) is 6.62. The topological polar surface area (TPSA) is 49.3 Å². The standard InChI is InChI=1S/C15H28N4O2/c1-18(2)14-9-16-8-13(14)15-17-20-11-12(21-15)10-19-6-4-3-5-7-19/h12-14,16H,3-11H2,1-2H3. The Morgan fingerprint density at radius 2 is 2.05 bits per heavy atom. The van der Waals surface area contributed by atoms with Crippen LogP contribution < -0.4 is 5.32 Å². The fourth-order valence-corrected chi connectivity index (χ4v) is 3.54. The van der Waals surface area contributed by atoms with E-state index in [0.29, 0.717) is 18.6 Å². The molecule has 0 spiro atoms. The van der Waals surface area contributed by atoms with Crippen molar-refractivity contribution < 1.29 is 9.57 Å². The Bertz CT molecular complexity index is 369. The van der Waals surface area contributed by atoms with E-state index in [0.717, 1.165) is 25.5 Å². The first kappa shape index (κ1) is 15.1. The molecule has 0 aromatic carbocycles. The summed E-state index contributed by atoms with van der Waals surface area (Å²) >= 11 is 0. The molecule has 3 aliphatic heterocycles. The molecule has 3 aliphatic rings. The zero-order chi connectivity index (χ0) is 14.7. The van der Waals surface area contributed by atoms with E-state index >= 15 is 0 Å². The van der Waals surface area contributed by atoms with Crippen LogP contribution in [-0.4, -0.2) is 81.3 Å². The fraction of sp³-hybridized carbons (Fsp3) is 0.933. The predicted molar refractivity (Wildman–Crippen MR) is 82.4 cm³/mol. The van der Waals surface area contributed by atoms with Crippen LogP contribution >= 0.6 is 0 Å². The minimum atomic E-state index is 0.124. The van der Waals surface area contributed by atoms with E-state index in [4.69, 9.17) is 9.57 Å². The van der Waals surface area contributed by atoms with Gasteiger partial charge >= 0.3 is 0 Å². The zero-order valence-electron chi connectivity index (χ0n) is 13.3. The second kappa shape index (κ2) is 6.94. The number of hydrogen-bond donors (Lipinski definition) is 1. The van der Waals surface area contributed by atoms with Crippen molar-refractivity contribution in [3.63, 3.8) is 0 Å². The number of nitrogens with one attached hydrogen (secondary N) is 1. The van der Waals surface area contributed by atoms with E-state index in [1.807, 2.05) is 0 Å². The minimum Gasteiger partial charge on any atom is -0.470 e. The van der Waals surface area contributed by atoms with Crippen LogP contribution in [0.1, 0.15) is 19.3 Å². The van der Waals surface area contributed by atoms with E-state index in [1.54, 1.807) is 0 Å². The lowest BCUT2D eigenvalue weighted by Gasteiger charge is -2.34. The molecule has 0 aliphatic carbocycles. The van der Waals surface area contributed by atoms with Crippen LogP contribution in [0.3, 0.4) is 0 Å². The van der Waals surface area contributed by atoms with Gasteiger partial charge in [-0.15, -0.1) is 0 Å². The molecule has 1 N–H and O–H groups in total. The zero-order valence-corrected chi connectivity index (χ0v) is 13.3. The molecule has 0 aromatic heterocycles. The third-order valence-electron chi connectivity index (χ3n) is 4.78. The van der Waals surface area contributed by atoms with Gasteiger partial charge in [0.25, 0.3) is 0 Å². The summed E-state index contributed by atoms with van der Waals surface area (Å²) in [6, 6.07) is 0.432. The van der Waals surface area contributed by atoms with Crippen molar-refractivity contribution in [3.8, 4) is 0 Å². The maximum atomic E-state index is 6.17. The lowest BCUT2D eigenvalue weighted by Crippen LogP contribution is -2.46. The molecule has 3 rings (SSSR count). The lowest BCUT2D eigenvalue weighted by molar-refractivity contribution is -0.0165. The van der Waals surface area contributed by atoms with Crippen LogP contribution in [0.15, 0.2) is 5.16 Å². The summed E-state index contributed by atoms with van der Waals surface area (Å²) in [6.07, 6.45) is 4.11. The average Bonchev–Trinajstić information content (AvgIpc) is 2.98. The highest BCUT2D eigenvalue weighted by atomic mass is 16.7. The van der Waals surface area contributed by atoms with Crippen molar-refractivity contribution in [2.24, 2.45) is 11.1 Å². The van der Waals surface area contributed by atoms with Crippen molar-refractivity contribution in [1.82, 2.24) is 15.1 Å². The van der Waals surface area contributed by atoms with Gasteiger partial charge in [-0.05, 0) is 40.0 Å². The summed E-state index contributed by atoms with van der Waals surface area (Å²) in [5, 5.41) is 7.63. The number of ether oxygens (including phenoxy) is 1. The summed E-state index contributed by atoms with van der Waals surface area (Å²) in [5.74, 6) is 1.08. The normalized spacial score (nSPS) is 34.4. The molecule has 21 heavy (non-hydrogen) atoms. The third-order valence-corrected chi connectivity index (χ3v) is 4.78. The van der Waals surface area contributed by atoms with Gasteiger partial charge in [-0.25, -0.2) is 0 Å². The molecule has 0 radical (unpaired) electrons. The molecule has 2 fully saturated rings. The van der Waals surface area contributed by atoms with Gasteiger partial charge in [0.2, 0.25) is 5.90 Å². The molecule has 3 unspecified atom stereocenters. The molecule has 0 amide bonds. The van der Waals surface area contributed by atoms with Crippen LogP contribution in [0, 0.1) is 5.92 Å². The number of oxime groups is 1. The molecule has 0 aromatic rings. The second-order valence-electron chi connectivity index (χ2n) is 6.62. The SMILES string of the molecule is CN(C)C1CNCC1C1=NOCC(CN2CCCCC2)O1. The van der Waals surface area contributed by atoms with Crippen LogP contribution in [0.25, 0.3) is 0 Å². The van der Waals surface area contributed by atoms with Gasteiger partial charge in [-0.1, -0.05) is 11.6 Å². The number of hydrogen-bond acceptors (Lipinski definition) is 6. The molecule has 6 heteroatoms. The highest BCUT2D eigenvalue weighted by Gasteiger charge is 2.37. The maximum absolute atomic E-state index is 6.17. The molecule has 3 heterocycles. The largest absolute Gasteiger partial charge is 0.470 e. The van der Waals surface area contributed by atoms with Crippen molar-refractivity contribution in [2.75, 3.05) is 53.4 Å². The van der Waals surface area contributed by atoms with Gasteiger partial charge in [0, 0.05) is 25.7 Å². The molecule has 2 saturated heterocycles. The number of likely N-dealkylation sites (tertiary alicyclic amines) is 1. The van der Waals surface area contributed by atoms with Crippen LogP contribution in [0.4, 0.5) is 0 Å². The van der Waals surface area contributed by atoms with Crippen molar-refractivity contribution in [1.29, 1.82) is 0 Å². The Morgan fingerprint density at radius 1 is 1.24 bits per heavy atom. The number of likely N-dealkylation sites (N-methyl/N-ethyl adjacent to an activating group) is 1. The van der Waals surface area contributed by atoms with Gasteiger partial charge in [0.15, 0.2) is 6.61 Å². The first-order valence-electron chi connectivity index (χ1n) is 8.20. The van der Waals surface area contributed by atoms with Crippen LogP contribution in [-0.2, 0) is 9.57 Å². The molecule has 0 saturated carbocycles. The molecular weight excluding hydrogens is 268 g/mol. The van der Waals surface area contributed by atoms with E-state index in [2.05, 4.69) is 34.4 Å². The summed E-state index contributed by atoms with van der Waals surface area (Å²) < 4.78 is 6.17. The van der Waals surface area contributed by atoms with Crippen LogP contribution in [0.2, 0.25) is 0 Å². The highest BCUT2D eigenvalue weighted by molar-refractivity contribution is 5.80. The monoisotopic (exact) mass is 296 g/mol. The van der Waals surface area contributed by atoms with E-state index in [1.165, 1.54) is 32.4 Å². The summed E-state index contributed by atoms with van der Waals surface area (Å²) in [7, 11) is 4.22. The van der Waals surface area contributed by atoms with Gasteiger partial charge < -0.3 is 19.8 Å². The smallest absolute Gasteiger partial charge is 0.232 e. The molecule has 6 nitrogen and oxygen atoms in total. The summed E-state index contributed by atoms with van der Waals surface area (Å²) in [5.41, 5.74) is 0. The Kier molecular flexibility index (Phi) is 4.98. The fourth-order valence-electron chi connectivity index (χ4n) is 3.54. The number of piperidine rings is 1. The average molecular weight is 296 g/mol. The number of nitrogens with zero attached hydrogens (tertiary/aromatic N) is 3. The first-order valence-corrected chi connectivity index (χ1v) is 8.20. The van der Waals surface area contributed by atoms with Crippen molar-refractivity contribution >= 4 is 5.90 Å². The van der Waals surface area contributed by atoms with Crippen molar-refractivity contribution in [2.45, 2.75) is 31.4 Å².